The second-order valence-corrected chi connectivity index (χ2v) is 5.95. The summed E-state index contributed by atoms with van der Waals surface area (Å²) in [5, 5.41) is 11.3. The van der Waals surface area contributed by atoms with Crippen LogP contribution in [0.15, 0.2) is 53.4 Å². The molecule has 1 amide bonds. The third-order valence-corrected chi connectivity index (χ3v) is 3.98. The van der Waals surface area contributed by atoms with Crippen molar-refractivity contribution in [2.75, 3.05) is 17.7 Å². The lowest BCUT2D eigenvalue weighted by molar-refractivity contribution is -0.119. The molecular formula is C18H16N2O3S. The largest absolute Gasteiger partial charge is 0.452 e. The number of benzene rings is 2. The van der Waals surface area contributed by atoms with Gasteiger partial charge in [0.2, 0.25) is 0 Å². The van der Waals surface area contributed by atoms with Crippen molar-refractivity contribution in [3.05, 3.63) is 59.7 Å². The van der Waals surface area contributed by atoms with E-state index in [9.17, 15) is 9.59 Å². The molecule has 0 atom stereocenters. The topological polar surface area (TPSA) is 79.2 Å². The molecule has 0 aromatic heterocycles. The quantitative estimate of drug-likeness (QED) is 0.644. The van der Waals surface area contributed by atoms with Crippen LogP contribution in [0, 0.1) is 18.3 Å². The maximum Gasteiger partial charge on any atom is 0.338 e. The van der Waals surface area contributed by atoms with Crippen LogP contribution in [0.1, 0.15) is 15.9 Å². The van der Waals surface area contributed by atoms with Crippen LogP contribution in [0.3, 0.4) is 0 Å². The molecule has 2 aromatic rings. The fourth-order valence-corrected chi connectivity index (χ4v) is 2.65. The average molecular weight is 340 g/mol. The SMILES string of the molecule is Cc1cccc(C(=O)OCC(=O)Nc2ccccc2SCC#N)c1. The lowest BCUT2D eigenvalue weighted by atomic mass is 10.1. The zero-order valence-electron chi connectivity index (χ0n) is 13.1. The summed E-state index contributed by atoms with van der Waals surface area (Å²) >= 11 is 1.33. The number of amides is 1. The van der Waals surface area contributed by atoms with Crippen LogP contribution >= 0.6 is 11.8 Å². The molecule has 0 unspecified atom stereocenters. The van der Waals surface area contributed by atoms with Crippen LogP contribution in [0.25, 0.3) is 0 Å². The number of carbonyl (C=O) groups excluding carboxylic acids is 2. The number of esters is 1. The molecule has 0 aliphatic carbocycles. The average Bonchev–Trinajstić information content (AvgIpc) is 2.59. The predicted molar refractivity (Wildman–Crippen MR) is 92.9 cm³/mol. The Morgan fingerprint density at radius 1 is 1.21 bits per heavy atom. The molecule has 0 saturated carbocycles. The summed E-state index contributed by atoms with van der Waals surface area (Å²) in [6.45, 7) is 1.50. The number of thioether (sulfide) groups is 1. The number of hydrogen-bond acceptors (Lipinski definition) is 5. The molecule has 122 valence electrons. The Bertz CT molecular complexity index is 784. The number of nitriles is 1. The molecule has 1 N–H and O–H groups in total. The van der Waals surface area contributed by atoms with Crippen LogP contribution < -0.4 is 5.32 Å². The first-order chi connectivity index (χ1) is 11.6. The Kier molecular flexibility index (Phi) is 6.41. The van der Waals surface area contributed by atoms with Crippen LogP contribution in [0.4, 0.5) is 5.69 Å². The molecule has 24 heavy (non-hydrogen) atoms. The van der Waals surface area contributed by atoms with E-state index in [2.05, 4.69) is 5.32 Å². The summed E-state index contributed by atoms with van der Waals surface area (Å²) in [5.74, 6) is -0.683. The van der Waals surface area contributed by atoms with E-state index in [0.717, 1.165) is 10.5 Å². The molecule has 0 aliphatic rings. The van der Waals surface area contributed by atoms with E-state index in [0.29, 0.717) is 11.3 Å². The second kappa shape index (κ2) is 8.75. The van der Waals surface area contributed by atoms with Gasteiger partial charge < -0.3 is 10.1 Å². The fourth-order valence-electron chi connectivity index (χ4n) is 1.98. The number of para-hydroxylation sites is 1. The van der Waals surface area contributed by atoms with Crippen LogP contribution in [-0.4, -0.2) is 24.2 Å². The summed E-state index contributed by atoms with van der Waals surface area (Å²) < 4.78 is 5.03. The summed E-state index contributed by atoms with van der Waals surface area (Å²) in [6.07, 6.45) is 0. The summed E-state index contributed by atoms with van der Waals surface area (Å²) in [7, 11) is 0. The summed E-state index contributed by atoms with van der Waals surface area (Å²) in [4.78, 5) is 24.7. The molecule has 0 heterocycles. The highest BCUT2D eigenvalue weighted by Gasteiger charge is 2.12. The van der Waals surface area contributed by atoms with Gasteiger partial charge in [-0.15, -0.1) is 11.8 Å². The fraction of sp³-hybridized carbons (Fsp3) is 0.167. The highest BCUT2D eigenvalue weighted by atomic mass is 32.2. The second-order valence-electron chi connectivity index (χ2n) is 4.94. The highest BCUT2D eigenvalue weighted by Crippen LogP contribution is 2.26. The monoisotopic (exact) mass is 340 g/mol. The third-order valence-electron chi connectivity index (χ3n) is 3.04. The molecule has 0 aliphatic heterocycles. The maximum absolute atomic E-state index is 12.0. The lowest BCUT2D eigenvalue weighted by Gasteiger charge is -2.10. The van der Waals surface area contributed by atoms with E-state index < -0.39 is 11.9 Å². The summed E-state index contributed by atoms with van der Waals surface area (Å²) in [6, 6.07) is 16.2. The molecular weight excluding hydrogens is 324 g/mol. The highest BCUT2D eigenvalue weighted by molar-refractivity contribution is 7.99. The molecule has 0 radical (unpaired) electrons. The van der Waals surface area contributed by atoms with Gasteiger partial charge in [0.25, 0.3) is 5.91 Å². The van der Waals surface area contributed by atoms with E-state index in [1.54, 1.807) is 30.3 Å². The van der Waals surface area contributed by atoms with E-state index in [1.807, 2.05) is 31.2 Å². The Balaban J connectivity index is 1.92. The van der Waals surface area contributed by atoms with Gasteiger partial charge in [-0.2, -0.15) is 5.26 Å². The van der Waals surface area contributed by atoms with Gasteiger partial charge in [-0.3, -0.25) is 4.79 Å². The number of ether oxygens (including phenoxy) is 1. The van der Waals surface area contributed by atoms with E-state index in [-0.39, 0.29) is 12.4 Å². The normalized spacial score (nSPS) is 9.83. The van der Waals surface area contributed by atoms with Gasteiger partial charge in [0.1, 0.15) is 0 Å². The molecule has 0 saturated heterocycles. The van der Waals surface area contributed by atoms with Gasteiger partial charge in [-0.25, -0.2) is 4.79 Å². The minimum Gasteiger partial charge on any atom is -0.452 e. The molecule has 0 fully saturated rings. The maximum atomic E-state index is 12.0. The zero-order chi connectivity index (χ0) is 17.4. The first-order valence-corrected chi connectivity index (χ1v) is 8.21. The van der Waals surface area contributed by atoms with E-state index in [1.165, 1.54) is 11.8 Å². The first-order valence-electron chi connectivity index (χ1n) is 7.22. The van der Waals surface area contributed by atoms with Gasteiger partial charge in [0.15, 0.2) is 6.61 Å². The smallest absolute Gasteiger partial charge is 0.338 e. The Morgan fingerprint density at radius 2 is 2.00 bits per heavy atom. The van der Waals surface area contributed by atoms with E-state index >= 15 is 0 Å². The van der Waals surface area contributed by atoms with Crippen molar-refractivity contribution in [3.63, 3.8) is 0 Å². The van der Waals surface area contributed by atoms with E-state index in [4.69, 9.17) is 10.00 Å². The van der Waals surface area contributed by atoms with Crippen molar-refractivity contribution < 1.29 is 14.3 Å². The molecule has 6 heteroatoms. The van der Waals surface area contributed by atoms with Crippen molar-refractivity contribution in [3.8, 4) is 6.07 Å². The number of carbonyl (C=O) groups is 2. The predicted octanol–water partition coefficient (Wildman–Crippen LogP) is 3.41. The molecule has 2 rings (SSSR count). The van der Waals surface area contributed by atoms with Gasteiger partial charge in [0.05, 0.1) is 23.1 Å². The standard InChI is InChI=1S/C18H16N2O3S/c1-13-5-4-6-14(11-13)18(22)23-12-17(21)20-15-7-2-3-8-16(15)24-10-9-19/h2-8,11H,10,12H2,1H3,(H,20,21). The van der Waals surface area contributed by atoms with Crippen molar-refractivity contribution in [1.29, 1.82) is 5.26 Å². The van der Waals surface area contributed by atoms with Gasteiger partial charge in [-0.05, 0) is 31.2 Å². The van der Waals surface area contributed by atoms with Gasteiger partial charge >= 0.3 is 5.97 Å². The van der Waals surface area contributed by atoms with Crippen LogP contribution in [-0.2, 0) is 9.53 Å². The third kappa shape index (κ3) is 5.14. The molecule has 0 bridgehead atoms. The number of rotatable bonds is 6. The van der Waals surface area contributed by atoms with Crippen LogP contribution in [0.2, 0.25) is 0 Å². The Morgan fingerprint density at radius 3 is 2.75 bits per heavy atom. The number of aryl methyl sites for hydroxylation is 1. The summed E-state index contributed by atoms with van der Waals surface area (Å²) in [5.41, 5.74) is 1.94. The van der Waals surface area contributed by atoms with Crippen molar-refractivity contribution in [2.24, 2.45) is 0 Å². The minimum absolute atomic E-state index is 0.287. The Labute approximate surface area is 144 Å². The first kappa shape index (κ1) is 17.6. The Hall–Kier alpha value is -2.78. The van der Waals surface area contributed by atoms with Gasteiger partial charge in [0, 0.05) is 4.90 Å². The molecule has 0 spiro atoms. The van der Waals surface area contributed by atoms with Gasteiger partial charge in [-0.1, -0.05) is 29.8 Å². The van der Waals surface area contributed by atoms with Crippen molar-refractivity contribution in [1.82, 2.24) is 0 Å². The van der Waals surface area contributed by atoms with Crippen molar-refractivity contribution in [2.45, 2.75) is 11.8 Å². The number of nitrogens with zero attached hydrogens (tertiary/aromatic N) is 1. The van der Waals surface area contributed by atoms with Crippen molar-refractivity contribution >= 4 is 29.3 Å². The van der Waals surface area contributed by atoms with Crippen LogP contribution in [0.5, 0.6) is 0 Å². The number of nitrogens with one attached hydrogen (secondary N) is 1. The number of anilines is 1. The zero-order valence-corrected chi connectivity index (χ0v) is 13.9. The minimum atomic E-state index is -0.541. The molecule has 5 nitrogen and oxygen atoms in total. The number of hydrogen-bond donors (Lipinski definition) is 1. The molecule has 2 aromatic carbocycles. The lowest BCUT2D eigenvalue weighted by Crippen LogP contribution is -2.21.